The van der Waals surface area contributed by atoms with Crippen LogP contribution >= 0.6 is 11.3 Å². The first-order valence-corrected chi connectivity index (χ1v) is 6.91. The van der Waals surface area contributed by atoms with E-state index in [9.17, 15) is 20.0 Å². The van der Waals surface area contributed by atoms with Crippen molar-refractivity contribution in [3.8, 4) is 5.75 Å². The summed E-state index contributed by atoms with van der Waals surface area (Å²) < 4.78 is 5.48. The number of carbonyl (C=O) groups is 1. The number of esters is 1. The molecule has 7 heteroatoms. The van der Waals surface area contributed by atoms with Crippen molar-refractivity contribution in [2.24, 2.45) is 0 Å². The smallest absolute Gasteiger partial charge is 0.352 e. The molecule has 0 atom stereocenters. The zero-order chi connectivity index (χ0) is 14.9. The third kappa shape index (κ3) is 2.32. The molecule has 1 aromatic carbocycles. The lowest BCUT2D eigenvalue weighted by Crippen LogP contribution is -2.01. The van der Waals surface area contributed by atoms with E-state index in [0.717, 1.165) is 11.3 Å². The number of nitro groups is 1. The number of thiophene rings is 1. The first-order chi connectivity index (χ1) is 9.49. The lowest BCUT2D eigenvalue weighted by atomic mass is 10.1. The fourth-order valence-corrected chi connectivity index (χ4v) is 2.98. The molecule has 0 bridgehead atoms. The van der Waals surface area contributed by atoms with Gasteiger partial charge in [-0.2, -0.15) is 0 Å². The van der Waals surface area contributed by atoms with Gasteiger partial charge in [0.2, 0.25) is 0 Å². The van der Waals surface area contributed by atoms with Gasteiger partial charge >= 0.3 is 5.97 Å². The molecule has 0 aliphatic heterocycles. The molecular weight excluding hydrogens is 282 g/mol. The molecule has 0 aliphatic rings. The molecule has 0 radical (unpaired) electrons. The Morgan fingerprint density at radius 1 is 1.45 bits per heavy atom. The quantitative estimate of drug-likeness (QED) is 0.531. The zero-order valence-corrected chi connectivity index (χ0v) is 11.8. The molecule has 20 heavy (non-hydrogen) atoms. The first-order valence-electron chi connectivity index (χ1n) is 6.09. The second-order valence-electron chi connectivity index (χ2n) is 4.09. The van der Waals surface area contributed by atoms with E-state index in [2.05, 4.69) is 0 Å². The second kappa shape index (κ2) is 5.46. The number of rotatable bonds is 4. The summed E-state index contributed by atoms with van der Waals surface area (Å²) in [6.45, 7) is 3.68. The molecule has 0 fully saturated rings. The topological polar surface area (TPSA) is 89.7 Å². The Kier molecular flexibility index (Phi) is 3.89. The lowest BCUT2D eigenvalue weighted by molar-refractivity contribution is -0.385. The van der Waals surface area contributed by atoms with Crippen LogP contribution < -0.4 is 0 Å². The second-order valence-corrected chi connectivity index (χ2v) is 5.14. The number of hydrogen-bond acceptors (Lipinski definition) is 6. The van der Waals surface area contributed by atoms with Gasteiger partial charge in [0, 0.05) is 21.7 Å². The van der Waals surface area contributed by atoms with Crippen LogP contribution in [0.5, 0.6) is 5.75 Å². The molecule has 0 saturated carbocycles. The van der Waals surface area contributed by atoms with E-state index >= 15 is 0 Å². The van der Waals surface area contributed by atoms with Crippen LogP contribution in [0.2, 0.25) is 0 Å². The predicted octanol–water partition coefficient (Wildman–Crippen LogP) is 3.25. The van der Waals surface area contributed by atoms with E-state index in [1.165, 1.54) is 6.07 Å². The maximum absolute atomic E-state index is 11.7. The zero-order valence-electron chi connectivity index (χ0n) is 11.0. The van der Waals surface area contributed by atoms with Crippen molar-refractivity contribution in [3.05, 3.63) is 32.7 Å². The van der Waals surface area contributed by atoms with Gasteiger partial charge < -0.3 is 9.84 Å². The summed E-state index contributed by atoms with van der Waals surface area (Å²) in [7, 11) is 0. The number of fused-ring (bicyclic) bond motifs is 1. The third-order valence-corrected chi connectivity index (χ3v) is 4.02. The van der Waals surface area contributed by atoms with Gasteiger partial charge in [-0.25, -0.2) is 4.79 Å². The number of aryl methyl sites for hydroxylation is 1. The van der Waals surface area contributed by atoms with E-state index < -0.39 is 10.9 Å². The summed E-state index contributed by atoms with van der Waals surface area (Å²) in [6, 6.07) is 2.95. The molecule has 1 N–H and O–H groups in total. The van der Waals surface area contributed by atoms with Crippen molar-refractivity contribution in [2.45, 2.75) is 20.3 Å². The maximum atomic E-state index is 11.7. The fraction of sp³-hybridized carbons (Fsp3) is 0.308. The molecule has 0 amide bonds. The van der Waals surface area contributed by atoms with E-state index in [4.69, 9.17) is 4.74 Å². The van der Waals surface area contributed by atoms with Crippen LogP contribution in [0, 0.1) is 10.1 Å². The van der Waals surface area contributed by atoms with E-state index in [0.29, 0.717) is 22.1 Å². The number of nitro benzene ring substituents is 1. The summed E-state index contributed by atoms with van der Waals surface area (Å²) in [4.78, 5) is 22.3. The van der Waals surface area contributed by atoms with Crippen LogP contribution in [-0.2, 0) is 11.2 Å². The molecule has 2 aromatic rings. The van der Waals surface area contributed by atoms with Crippen LogP contribution in [0.15, 0.2) is 12.1 Å². The van der Waals surface area contributed by atoms with E-state index in [1.54, 1.807) is 13.0 Å². The molecule has 106 valence electrons. The molecule has 2 rings (SSSR count). The predicted molar refractivity (Wildman–Crippen MR) is 75.5 cm³/mol. The Bertz CT molecular complexity index is 692. The monoisotopic (exact) mass is 295 g/mol. The minimum absolute atomic E-state index is 0.0523. The van der Waals surface area contributed by atoms with Crippen molar-refractivity contribution in [2.75, 3.05) is 6.61 Å². The first kappa shape index (κ1) is 14.3. The van der Waals surface area contributed by atoms with Gasteiger partial charge in [0.25, 0.3) is 5.69 Å². The largest absolute Gasteiger partial charge is 0.505 e. The van der Waals surface area contributed by atoms with Crippen molar-refractivity contribution in [3.63, 3.8) is 0 Å². The summed E-state index contributed by atoms with van der Waals surface area (Å²) in [6.07, 6.45) is 0.500. The van der Waals surface area contributed by atoms with Crippen molar-refractivity contribution in [1.82, 2.24) is 0 Å². The number of hydrogen-bond donors (Lipinski definition) is 1. The summed E-state index contributed by atoms with van der Waals surface area (Å²) in [5.41, 5.74) is 0.516. The standard InChI is InChI=1S/C13H13NO5S/c1-3-7-5-10-8(6-9(7)14(17)18)11(15)12(20-10)13(16)19-4-2/h5-6,15H,3-4H2,1-2H3. The Labute approximate surface area is 118 Å². The highest BCUT2D eigenvalue weighted by Crippen LogP contribution is 2.40. The fourth-order valence-electron chi connectivity index (χ4n) is 1.95. The van der Waals surface area contributed by atoms with Crippen LogP contribution in [-0.4, -0.2) is 22.6 Å². The Hall–Kier alpha value is -2.15. The minimum atomic E-state index is -0.619. The number of ether oxygens (including phenoxy) is 1. The van der Waals surface area contributed by atoms with E-state index in [-0.39, 0.29) is 22.9 Å². The highest BCUT2D eigenvalue weighted by Gasteiger charge is 2.23. The lowest BCUT2D eigenvalue weighted by Gasteiger charge is -2.00. The van der Waals surface area contributed by atoms with Crippen LogP contribution in [0.4, 0.5) is 5.69 Å². The van der Waals surface area contributed by atoms with E-state index in [1.807, 2.05) is 6.92 Å². The number of aromatic hydroxyl groups is 1. The normalized spacial score (nSPS) is 10.7. The maximum Gasteiger partial charge on any atom is 0.352 e. The third-order valence-electron chi connectivity index (χ3n) is 2.90. The molecule has 0 spiro atoms. The minimum Gasteiger partial charge on any atom is -0.505 e. The van der Waals surface area contributed by atoms with Crippen molar-refractivity contribution in [1.29, 1.82) is 0 Å². The highest BCUT2D eigenvalue weighted by molar-refractivity contribution is 7.21. The van der Waals surface area contributed by atoms with Crippen LogP contribution in [0.25, 0.3) is 10.1 Å². The summed E-state index contributed by atoms with van der Waals surface area (Å²) >= 11 is 1.07. The average Bonchev–Trinajstić information content (AvgIpc) is 2.74. The van der Waals surface area contributed by atoms with Gasteiger partial charge in [-0.3, -0.25) is 10.1 Å². The number of benzene rings is 1. The number of nitrogens with zero attached hydrogens (tertiary/aromatic N) is 1. The Morgan fingerprint density at radius 3 is 2.70 bits per heavy atom. The molecular formula is C13H13NO5S. The Balaban J connectivity index is 2.65. The molecule has 0 aliphatic carbocycles. The summed E-state index contributed by atoms with van der Waals surface area (Å²) in [5, 5.41) is 21.4. The molecule has 1 aromatic heterocycles. The summed E-state index contributed by atoms with van der Waals surface area (Å²) in [5.74, 6) is -0.874. The van der Waals surface area contributed by atoms with Crippen LogP contribution in [0.1, 0.15) is 29.1 Å². The molecule has 6 nitrogen and oxygen atoms in total. The van der Waals surface area contributed by atoms with Gasteiger partial charge in [-0.05, 0) is 19.4 Å². The molecule has 0 unspecified atom stereocenters. The Morgan fingerprint density at radius 2 is 2.15 bits per heavy atom. The van der Waals surface area contributed by atoms with Crippen molar-refractivity contribution < 1.29 is 19.6 Å². The van der Waals surface area contributed by atoms with Gasteiger partial charge in [-0.1, -0.05) is 6.92 Å². The van der Waals surface area contributed by atoms with Gasteiger partial charge in [0.1, 0.15) is 5.75 Å². The average molecular weight is 295 g/mol. The SMILES string of the molecule is CCOC(=O)c1sc2cc(CC)c([N+](=O)[O-])cc2c1O. The molecule has 1 heterocycles. The molecule has 0 saturated heterocycles. The van der Waals surface area contributed by atoms with Gasteiger partial charge in [0.15, 0.2) is 4.88 Å². The van der Waals surface area contributed by atoms with Crippen molar-refractivity contribution >= 4 is 33.1 Å². The highest BCUT2D eigenvalue weighted by atomic mass is 32.1. The van der Waals surface area contributed by atoms with Crippen LogP contribution in [0.3, 0.4) is 0 Å². The van der Waals surface area contributed by atoms with Gasteiger partial charge in [0.05, 0.1) is 11.5 Å². The number of carbonyl (C=O) groups excluding carboxylic acids is 1. The van der Waals surface area contributed by atoms with Gasteiger partial charge in [-0.15, -0.1) is 11.3 Å².